The molecule has 7 nitrogen and oxygen atoms in total. The molecular weight excluding hydrogens is 354 g/mol. The number of non-ortho nitro benzene ring substituents is 1. The van der Waals surface area contributed by atoms with E-state index in [-0.39, 0.29) is 10.6 Å². The zero-order valence-corrected chi connectivity index (χ0v) is 15.2. The molecule has 0 aliphatic carbocycles. The fourth-order valence-electron chi connectivity index (χ4n) is 4.12. The highest BCUT2D eigenvalue weighted by Crippen LogP contribution is 2.35. The highest BCUT2D eigenvalue weighted by Gasteiger charge is 2.25. The number of nitro groups is 1. The first-order chi connectivity index (χ1) is 13.7. The van der Waals surface area contributed by atoms with Gasteiger partial charge in [-0.2, -0.15) is 0 Å². The van der Waals surface area contributed by atoms with Crippen LogP contribution in [0.15, 0.2) is 54.7 Å². The minimum atomic E-state index is -0.346. The zero-order valence-electron chi connectivity index (χ0n) is 15.2. The molecule has 0 unspecified atom stereocenters. The predicted molar refractivity (Wildman–Crippen MR) is 109 cm³/mol. The highest BCUT2D eigenvalue weighted by molar-refractivity contribution is 5.97. The largest absolute Gasteiger partial charge is 0.370 e. The second kappa shape index (κ2) is 6.60. The number of para-hydroxylation sites is 2. The molecule has 2 aromatic heterocycles. The number of piperidine rings is 1. The van der Waals surface area contributed by atoms with Crippen molar-refractivity contribution in [2.45, 2.75) is 18.8 Å². The molecule has 0 radical (unpaired) electrons. The van der Waals surface area contributed by atoms with Gasteiger partial charge in [-0.3, -0.25) is 15.1 Å². The lowest BCUT2D eigenvalue weighted by Gasteiger charge is -2.33. The third-order valence-corrected chi connectivity index (χ3v) is 5.55. The fraction of sp³-hybridized carbons (Fsp3) is 0.238. The van der Waals surface area contributed by atoms with E-state index in [1.54, 1.807) is 24.4 Å². The molecule has 1 saturated heterocycles. The number of rotatable bonds is 3. The Morgan fingerprint density at radius 1 is 1.07 bits per heavy atom. The van der Waals surface area contributed by atoms with Crippen LogP contribution in [0.3, 0.4) is 0 Å². The summed E-state index contributed by atoms with van der Waals surface area (Å²) < 4.78 is 0. The Kier molecular flexibility index (Phi) is 3.93. The Morgan fingerprint density at radius 3 is 2.68 bits per heavy atom. The van der Waals surface area contributed by atoms with E-state index in [0.717, 1.165) is 48.5 Å². The summed E-state index contributed by atoms with van der Waals surface area (Å²) in [5, 5.41) is 11.9. The van der Waals surface area contributed by atoms with Crippen molar-refractivity contribution in [1.29, 1.82) is 0 Å². The summed E-state index contributed by atoms with van der Waals surface area (Å²) in [5.41, 5.74) is 3.84. The van der Waals surface area contributed by atoms with E-state index in [2.05, 4.69) is 20.9 Å². The van der Waals surface area contributed by atoms with Crippen molar-refractivity contribution >= 4 is 33.3 Å². The monoisotopic (exact) mass is 373 g/mol. The molecule has 3 heterocycles. The average Bonchev–Trinajstić information content (AvgIpc) is 3.17. The van der Waals surface area contributed by atoms with Crippen LogP contribution in [0.25, 0.3) is 21.9 Å². The van der Waals surface area contributed by atoms with Gasteiger partial charge in [-0.1, -0.05) is 12.1 Å². The van der Waals surface area contributed by atoms with E-state index in [1.807, 2.05) is 24.3 Å². The number of hydrogen-bond acceptors (Lipinski definition) is 5. The van der Waals surface area contributed by atoms with Crippen LogP contribution in [0.5, 0.6) is 0 Å². The van der Waals surface area contributed by atoms with Crippen LogP contribution in [0, 0.1) is 10.1 Å². The Balaban J connectivity index is 1.41. The van der Waals surface area contributed by atoms with Crippen molar-refractivity contribution in [3.05, 3.63) is 70.7 Å². The van der Waals surface area contributed by atoms with Gasteiger partial charge >= 0.3 is 0 Å². The van der Waals surface area contributed by atoms with E-state index in [1.165, 1.54) is 0 Å². The van der Waals surface area contributed by atoms with Crippen LogP contribution in [0.4, 0.5) is 11.4 Å². The van der Waals surface area contributed by atoms with Gasteiger partial charge in [0.1, 0.15) is 11.3 Å². The summed E-state index contributed by atoms with van der Waals surface area (Å²) in [6.07, 6.45) is 3.65. The molecule has 0 atom stereocenters. The van der Waals surface area contributed by atoms with Crippen LogP contribution < -0.4 is 4.90 Å². The fourth-order valence-corrected chi connectivity index (χ4v) is 4.12. The van der Waals surface area contributed by atoms with Crippen molar-refractivity contribution in [2.75, 3.05) is 18.0 Å². The minimum Gasteiger partial charge on any atom is -0.370 e. The molecule has 28 heavy (non-hydrogen) atoms. The van der Waals surface area contributed by atoms with E-state index in [9.17, 15) is 10.1 Å². The maximum Gasteiger partial charge on any atom is 0.278 e. The number of nitrogens with zero attached hydrogens (tertiary/aromatic N) is 4. The van der Waals surface area contributed by atoms with Crippen LogP contribution in [-0.4, -0.2) is 33.0 Å². The first-order valence-corrected chi connectivity index (χ1v) is 9.42. The first kappa shape index (κ1) is 16.7. The zero-order chi connectivity index (χ0) is 19.1. The number of imidazole rings is 1. The lowest BCUT2D eigenvalue weighted by atomic mass is 9.95. The Bertz CT molecular complexity index is 1140. The van der Waals surface area contributed by atoms with Gasteiger partial charge in [0.15, 0.2) is 0 Å². The number of nitro benzene ring substituents is 1. The number of benzene rings is 2. The summed E-state index contributed by atoms with van der Waals surface area (Å²) in [6, 6.07) is 15.0. The molecule has 1 N–H and O–H groups in total. The molecule has 5 rings (SSSR count). The number of aromatic nitrogens is 3. The highest BCUT2D eigenvalue weighted by atomic mass is 16.6. The van der Waals surface area contributed by atoms with Gasteiger partial charge in [-0.25, -0.2) is 4.98 Å². The number of pyridine rings is 1. The van der Waals surface area contributed by atoms with Crippen LogP contribution >= 0.6 is 0 Å². The number of fused-ring (bicyclic) bond motifs is 2. The molecule has 2 aromatic carbocycles. The predicted octanol–water partition coefficient (Wildman–Crippen LogP) is 4.40. The number of H-pyrrole nitrogens is 1. The molecule has 0 bridgehead atoms. The SMILES string of the molecule is O=[N+]([O-])c1ccc(N2CCC(c3nc4ccccc4[nH]3)CC2)c2ncccc12. The van der Waals surface area contributed by atoms with Gasteiger partial charge in [0.05, 0.1) is 27.0 Å². The van der Waals surface area contributed by atoms with Gasteiger partial charge < -0.3 is 9.88 Å². The van der Waals surface area contributed by atoms with Crippen LogP contribution in [-0.2, 0) is 0 Å². The summed E-state index contributed by atoms with van der Waals surface area (Å²) in [5.74, 6) is 1.44. The summed E-state index contributed by atoms with van der Waals surface area (Å²) in [6.45, 7) is 1.73. The van der Waals surface area contributed by atoms with Gasteiger partial charge in [-0.05, 0) is 43.2 Å². The van der Waals surface area contributed by atoms with E-state index < -0.39 is 0 Å². The molecule has 140 valence electrons. The van der Waals surface area contributed by atoms with Crippen LogP contribution in [0.2, 0.25) is 0 Å². The molecule has 0 amide bonds. The maximum atomic E-state index is 11.3. The van der Waals surface area contributed by atoms with Crippen molar-refractivity contribution in [1.82, 2.24) is 15.0 Å². The number of hydrogen-bond donors (Lipinski definition) is 1. The number of nitrogens with one attached hydrogen (secondary N) is 1. The van der Waals surface area contributed by atoms with Gasteiger partial charge in [0, 0.05) is 31.3 Å². The van der Waals surface area contributed by atoms with E-state index in [0.29, 0.717) is 16.8 Å². The summed E-state index contributed by atoms with van der Waals surface area (Å²) >= 11 is 0. The standard InChI is InChI=1S/C21H19N5O2/c27-26(28)18-7-8-19(20-15(18)4-3-11-22-20)25-12-9-14(10-13-25)21-23-16-5-1-2-6-17(16)24-21/h1-8,11,14H,9-10,12-13H2,(H,23,24). The third kappa shape index (κ3) is 2.76. The van der Waals surface area contributed by atoms with Gasteiger partial charge in [0.25, 0.3) is 5.69 Å². The normalized spacial score (nSPS) is 15.4. The number of anilines is 1. The molecule has 0 saturated carbocycles. The maximum absolute atomic E-state index is 11.3. The number of aromatic amines is 1. The molecule has 7 heteroatoms. The smallest absolute Gasteiger partial charge is 0.278 e. The first-order valence-electron chi connectivity index (χ1n) is 9.42. The second-order valence-corrected chi connectivity index (χ2v) is 7.16. The summed E-state index contributed by atoms with van der Waals surface area (Å²) in [4.78, 5) is 25.9. The second-order valence-electron chi connectivity index (χ2n) is 7.16. The Hall–Kier alpha value is -3.48. The topological polar surface area (TPSA) is 88.0 Å². The third-order valence-electron chi connectivity index (χ3n) is 5.55. The van der Waals surface area contributed by atoms with Gasteiger partial charge in [-0.15, -0.1) is 0 Å². The molecule has 0 spiro atoms. The van der Waals surface area contributed by atoms with E-state index >= 15 is 0 Å². The summed E-state index contributed by atoms with van der Waals surface area (Å²) in [7, 11) is 0. The van der Waals surface area contributed by atoms with Crippen molar-refractivity contribution < 1.29 is 4.92 Å². The quantitative estimate of drug-likeness (QED) is 0.425. The van der Waals surface area contributed by atoms with Crippen molar-refractivity contribution in [3.8, 4) is 0 Å². The van der Waals surface area contributed by atoms with Crippen molar-refractivity contribution in [2.24, 2.45) is 0 Å². The molecule has 1 aliphatic heterocycles. The van der Waals surface area contributed by atoms with Crippen molar-refractivity contribution in [3.63, 3.8) is 0 Å². The average molecular weight is 373 g/mol. The molecule has 4 aromatic rings. The van der Waals surface area contributed by atoms with Crippen LogP contribution in [0.1, 0.15) is 24.6 Å². The molecule has 1 aliphatic rings. The lowest BCUT2D eigenvalue weighted by Crippen LogP contribution is -2.33. The minimum absolute atomic E-state index is 0.101. The molecule has 1 fully saturated rings. The Morgan fingerprint density at radius 2 is 1.89 bits per heavy atom. The lowest BCUT2D eigenvalue weighted by molar-refractivity contribution is -0.383. The Labute approximate surface area is 161 Å². The van der Waals surface area contributed by atoms with E-state index in [4.69, 9.17) is 4.98 Å². The molecular formula is C21H19N5O2. The van der Waals surface area contributed by atoms with Gasteiger partial charge in [0.2, 0.25) is 0 Å².